The van der Waals surface area contributed by atoms with Gasteiger partial charge in [0.2, 0.25) is 11.8 Å². The predicted molar refractivity (Wildman–Crippen MR) is 190 cm³/mol. The number of nitrogens with zero attached hydrogens (tertiary/aromatic N) is 4. The fraction of sp³-hybridized carbons (Fsp3) is 0.568. The number of hydrogen-bond donors (Lipinski definition) is 2. The number of carbonyl (C=O) groups is 4. The normalized spacial score (nSPS) is 26.6. The average Bonchev–Trinajstić information content (AvgIpc) is 3.51. The van der Waals surface area contributed by atoms with Gasteiger partial charge in [0.05, 0.1) is 12.6 Å². The molecule has 50 heavy (non-hydrogen) atoms. The van der Waals surface area contributed by atoms with Crippen LogP contribution < -0.4 is 10.6 Å². The molecule has 2 fully saturated rings. The van der Waals surface area contributed by atoms with Crippen molar-refractivity contribution in [3.05, 3.63) is 46.2 Å². The molecule has 1 aromatic carbocycles. The summed E-state index contributed by atoms with van der Waals surface area (Å²) in [7, 11) is 0. The molecule has 2 N–H and O–H groups in total. The van der Waals surface area contributed by atoms with Crippen molar-refractivity contribution in [2.45, 2.75) is 116 Å². The monoisotopic (exact) mass is 704 g/mol. The molecule has 3 aromatic rings. The summed E-state index contributed by atoms with van der Waals surface area (Å²) in [6, 6.07) is 1.85. The highest BCUT2D eigenvalue weighted by Crippen LogP contribution is 2.46. The Bertz CT molecular complexity index is 1800. The van der Waals surface area contributed by atoms with Crippen LogP contribution in [0.15, 0.2) is 35.0 Å². The first kappa shape index (κ1) is 35.6. The maximum atomic E-state index is 14.5. The third kappa shape index (κ3) is 7.28. The van der Waals surface area contributed by atoms with Crippen LogP contribution in [-0.2, 0) is 23.9 Å². The number of rotatable bonds is 5. The fourth-order valence-corrected chi connectivity index (χ4v) is 7.80. The number of carbonyl (C=O) groups excluding carboxylic acids is 4. The molecule has 2 aromatic heterocycles. The summed E-state index contributed by atoms with van der Waals surface area (Å²) in [5.74, 6) is -1.50. The number of nitrogens with one attached hydrogen (secondary N) is 2. The Morgan fingerprint density at radius 1 is 1.14 bits per heavy atom. The fourth-order valence-electron chi connectivity index (χ4n) is 7.14. The number of thiophene rings is 1. The molecule has 1 saturated heterocycles. The van der Waals surface area contributed by atoms with Crippen LogP contribution in [0, 0.1) is 19.8 Å². The Morgan fingerprint density at radius 2 is 1.94 bits per heavy atom. The van der Waals surface area contributed by atoms with E-state index < -0.39 is 47.2 Å². The van der Waals surface area contributed by atoms with Crippen molar-refractivity contribution in [2.24, 2.45) is 5.92 Å². The largest absolute Gasteiger partial charge is 0.464 e. The van der Waals surface area contributed by atoms with Crippen LogP contribution in [0.5, 0.6) is 0 Å². The van der Waals surface area contributed by atoms with Crippen LogP contribution >= 0.6 is 11.3 Å². The second-order valence-corrected chi connectivity index (χ2v) is 15.5. The number of hydrogen-bond acceptors (Lipinski definition) is 9. The molecule has 1 saturated carbocycles. The van der Waals surface area contributed by atoms with Crippen LogP contribution in [0.4, 0.5) is 4.79 Å². The van der Waals surface area contributed by atoms with Gasteiger partial charge in [-0.25, -0.2) is 9.59 Å². The number of aromatic nitrogens is 3. The first-order chi connectivity index (χ1) is 23.8. The van der Waals surface area contributed by atoms with E-state index in [-0.39, 0.29) is 31.4 Å². The van der Waals surface area contributed by atoms with E-state index in [0.717, 1.165) is 52.5 Å². The molecule has 0 radical (unpaired) electrons. The van der Waals surface area contributed by atoms with Crippen LogP contribution in [0.1, 0.15) is 89.8 Å². The van der Waals surface area contributed by atoms with Gasteiger partial charge < -0.3 is 25.0 Å². The van der Waals surface area contributed by atoms with Gasteiger partial charge in [0.1, 0.15) is 34.3 Å². The number of benzene rings is 1. The third-order valence-corrected chi connectivity index (χ3v) is 10.7. The van der Waals surface area contributed by atoms with Crippen LogP contribution in [0.3, 0.4) is 0 Å². The molecule has 5 atom stereocenters. The van der Waals surface area contributed by atoms with E-state index in [9.17, 15) is 19.2 Å². The summed E-state index contributed by atoms with van der Waals surface area (Å²) in [4.78, 5) is 58.1. The summed E-state index contributed by atoms with van der Waals surface area (Å²) in [6.07, 6.45) is 7.63. The van der Waals surface area contributed by atoms with Crippen molar-refractivity contribution in [1.82, 2.24) is 30.5 Å². The highest BCUT2D eigenvalue weighted by atomic mass is 32.1. The summed E-state index contributed by atoms with van der Waals surface area (Å²) in [5, 5.41) is 19.8. The molecule has 0 spiro atoms. The number of ether oxygens (including phenoxy) is 2. The minimum Gasteiger partial charge on any atom is -0.464 e. The zero-order valence-electron chi connectivity index (χ0n) is 29.8. The molecule has 268 valence electrons. The molecular formula is C37H48N6O6S. The van der Waals surface area contributed by atoms with Crippen LogP contribution in [0.25, 0.3) is 22.2 Å². The topological polar surface area (TPSA) is 145 Å². The first-order valence-corrected chi connectivity index (χ1v) is 18.6. The highest BCUT2D eigenvalue weighted by Gasteiger charge is 2.62. The molecule has 0 bridgehead atoms. The van der Waals surface area contributed by atoms with E-state index in [1.807, 2.05) is 24.4 Å². The Morgan fingerprint density at radius 3 is 2.66 bits per heavy atom. The molecule has 4 heterocycles. The third-order valence-electron chi connectivity index (χ3n) is 10.0. The predicted octanol–water partition coefficient (Wildman–Crippen LogP) is 5.77. The molecule has 13 heteroatoms. The Hall–Kier alpha value is -4.26. The summed E-state index contributed by atoms with van der Waals surface area (Å²) in [6.45, 7) is 11.5. The maximum absolute atomic E-state index is 14.5. The lowest BCUT2D eigenvalue weighted by molar-refractivity contribution is -0.150. The lowest BCUT2D eigenvalue weighted by Crippen LogP contribution is -2.56. The van der Waals surface area contributed by atoms with Crippen molar-refractivity contribution in [3.8, 4) is 11.1 Å². The van der Waals surface area contributed by atoms with E-state index >= 15 is 0 Å². The van der Waals surface area contributed by atoms with Gasteiger partial charge in [-0.3, -0.25) is 9.59 Å². The lowest BCUT2D eigenvalue weighted by atomic mass is 9.98. The second kappa shape index (κ2) is 14.2. The molecule has 2 aliphatic heterocycles. The Labute approximate surface area is 296 Å². The van der Waals surface area contributed by atoms with E-state index in [0.29, 0.717) is 19.3 Å². The second-order valence-electron chi connectivity index (χ2n) is 14.7. The number of allylic oxidation sites excluding steroid dienone is 1. The van der Waals surface area contributed by atoms with Gasteiger partial charge >= 0.3 is 12.1 Å². The SMILES string of the molecule is CCOC(=O)[C@@]12C[C@H]1/C=C\CCCCC[C@H](NC(=O)OC(C)(C)C)C(=O)N1CC(n3nc4cc(-c5ccsc5)c(C)c(C)c4n3)CC1C(=O)N2. The summed E-state index contributed by atoms with van der Waals surface area (Å²) < 4.78 is 11.0. The van der Waals surface area contributed by atoms with Gasteiger partial charge in [-0.15, -0.1) is 0 Å². The van der Waals surface area contributed by atoms with Crippen LogP contribution in [0.2, 0.25) is 0 Å². The summed E-state index contributed by atoms with van der Waals surface area (Å²) >= 11 is 1.63. The molecule has 3 amide bonds. The zero-order chi connectivity index (χ0) is 35.8. The minimum atomic E-state index is -1.18. The molecular weight excluding hydrogens is 657 g/mol. The molecule has 12 nitrogen and oxygen atoms in total. The van der Waals surface area contributed by atoms with E-state index in [4.69, 9.17) is 19.7 Å². The van der Waals surface area contributed by atoms with E-state index in [1.54, 1.807) is 43.8 Å². The number of amides is 3. The standard InChI is InChI=1S/C37H48N6O6S/c1-7-48-34(46)37-19-25(37)13-11-9-8-10-12-14-28(38-35(47)49-36(4,5)6)33(45)42-20-26(17-30(42)32(44)39-37)43-40-29-18-27(24-15-16-50-21-24)22(2)23(3)31(29)41-43/h11,13,15-16,18,21,25-26,28,30H,7-10,12,14,17,19-20H2,1-6H3,(H,38,47)(H,39,44)/b13-11-/t25-,26?,28+,30?,37-/m1/s1. The van der Waals surface area contributed by atoms with Gasteiger partial charge in [-0.2, -0.15) is 26.3 Å². The average molecular weight is 705 g/mol. The van der Waals surface area contributed by atoms with E-state index in [2.05, 4.69) is 35.1 Å². The highest BCUT2D eigenvalue weighted by molar-refractivity contribution is 7.08. The summed E-state index contributed by atoms with van der Waals surface area (Å²) in [5.41, 5.74) is 3.89. The van der Waals surface area contributed by atoms with Crippen molar-refractivity contribution < 1.29 is 28.7 Å². The number of alkyl carbamates (subject to hydrolysis) is 1. The Kier molecular flexibility index (Phi) is 10.1. The zero-order valence-corrected chi connectivity index (χ0v) is 30.6. The molecule has 2 unspecified atom stereocenters. The smallest absolute Gasteiger partial charge is 0.408 e. The van der Waals surface area contributed by atoms with E-state index in [1.165, 1.54) is 4.90 Å². The number of esters is 1. The molecule has 1 aliphatic carbocycles. The first-order valence-electron chi connectivity index (χ1n) is 17.7. The van der Waals surface area contributed by atoms with Gasteiger partial charge in [0, 0.05) is 18.9 Å². The van der Waals surface area contributed by atoms with Gasteiger partial charge in [0.15, 0.2) is 0 Å². The maximum Gasteiger partial charge on any atom is 0.408 e. The minimum absolute atomic E-state index is 0.148. The van der Waals surface area contributed by atoms with Crippen LogP contribution in [-0.4, -0.2) is 80.1 Å². The number of fused-ring (bicyclic) bond motifs is 3. The van der Waals surface area contributed by atoms with Gasteiger partial charge in [-0.05, 0) is 112 Å². The number of aryl methyl sites for hydroxylation is 1. The van der Waals surface area contributed by atoms with Gasteiger partial charge in [0.25, 0.3) is 0 Å². The van der Waals surface area contributed by atoms with Crippen molar-refractivity contribution in [3.63, 3.8) is 0 Å². The molecule has 6 rings (SSSR count). The van der Waals surface area contributed by atoms with Crippen molar-refractivity contribution >= 4 is 46.2 Å². The Balaban J connectivity index is 1.35. The molecule has 3 aliphatic rings. The lowest BCUT2D eigenvalue weighted by Gasteiger charge is -2.30. The van der Waals surface area contributed by atoms with Gasteiger partial charge in [-0.1, -0.05) is 25.0 Å². The van der Waals surface area contributed by atoms with Crippen molar-refractivity contribution in [1.29, 1.82) is 0 Å². The van der Waals surface area contributed by atoms with Crippen molar-refractivity contribution in [2.75, 3.05) is 13.2 Å². The quantitative estimate of drug-likeness (QED) is 0.252.